The molecule has 132 valence electrons. The lowest BCUT2D eigenvalue weighted by Gasteiger charge is -2.04. The predicted molar refractivity (Wildman–Crippen MR) is 99.7 cm³/mol. The monoisotopic (exact) mass is 370 g/mol. The fraction of sp³-hybridized carbons (Fsp3) is 0.105. The Bertz CT molecular complexity index is 1010. The Morgan fingerprint density at radius 2 is 1.85 bits per heavy atom. The van der Waals surface area contributed by atoms with Crippen molar-refractivity contribution in [1.82, 2.24) is 0 Å². The zero-order valence-electron chi connectivity index (χ0n) is 14.1. The summed E-state index contributed by atoms with van der Waals surface area (Å²) in [5.41, 5.74) is 3.14. The number of furan rings is 1. The van der Waals surface area contributed by atoms with Gasteiger partial charge in [-0.1, -0.05) is 23.7 Å². The molecule has 26 heavy (non-hydrogen) atoms. The van der Waals surface area contributed by atoms with E-state index in [-0.39, 0.29) is 22.2 Å². The smallest absolute Gasteiger partial charge is 0.291 e. The van der Waals surface area contributed by atoms with E-state index in [0.717, 1.165) is 11.1 Å². The maximum Gasteiger partial charge on any atom is 0.291 e. The number of carbonyl (C=O) groups excluding carboxylic acids is 1. The number of aryl methyl sites for hydroxylation is 2. The first-order valence-electron chi connectivity index (χ1n) is 7.78. The number of nitrogens with one attached hydrogen (secondary N) is 1. The van der Waals surface area contributed by atoms with Gasteiger partial charge in [0.1, 0.15) is 10.8 Å². The van der Waals surface area contributed by atoms with E-state index in [1.165, 1.54) is 23.8 Å². The van der Waals surface area contributed by atoms with Gasteiger partial charge in [-0.15, -0.1) is 0 Å². The Hall–Kier alpha value is -3.12. The summed E-state index contributed by atoms with van der Waals surface area (Å²) in [7, 11) is 0. The fourth-order valence-corrected chi connectivity index (χ4v) is 2.62. The highest BCUT2D eigenvalue weighted by molar-refractivity contribution is 6.32. The predicted octanol–water partition coefficient (Wildman–Crippen LogP) is 5.38. The summed E-state index contributed by atoms with van der Waals surface area (Å²) in [6, 6.07) is 13.2. The van der Waals surface area contributed by atoms with Crippen LogP contribution in [-0.4, -0.2) is 10.8 Å². The molecule has 0 atom stereocenters. The number of hydrogen-bond acceptors (Lipinski definition) is 4. The van der Waals surface area contributed by atoms with Gasteiger partial charge >= 0.3 is 0 Å². The van der Waals surface area contributed by atoms with E-state index in [9.17, 15) is 14.9 Å². The Morgan fingerprint density at radius 3 is 2.54 bits per heavy atom. The number of hydrogen-bond donors (Lipinski definition) is 1. The average Bonchev–Trinajstić information content (AvgIpc) is 3.09. The second kappa shape index (κ2) is 7.01. The Morgan fingerprint density at radius 1 is 1.08 bits per heavy atom. The molecule has 2 aromatic carbocycles. The van der Waals surface area contributed by atoms with Gasteiger partial charge in [-0.3, -0.25) is 14.9 Å². The van der Waals surface area contributed by atoms with Crippen LogP contribution in [0, 0.1) is 24.0 Å². The van der Waals surface area contributed by atoms with E-state index >= 15 is 0 Å². The molecule has 0 saturated carbocycles. The molecule has 0 fully saturated rings. The van der Waals surface area contributed by atoms with E-state index in [2.05, 4.69) is 5.32 Å². The van der Waals surface area contributed by atoms with E-state index in [1.54, 1.807) is 12.1 Å². The molecule has 1 amide bonds. The molecule has 3 aromatic rings. The van der Waals surface area contributed by atoms with Crippen LogP contribution in [-0.2, 0) is 0 Å². The lowest BCUT2D eigenvalue weighted by atomic mass is 10.1. The van der Waals surface area contributed by atoms with Crippen molar-refractivity contribution in [1.29, 1.82) is 0 Å². The lowest BCUT2D eigenvalue weighted by molar-refractivity contribution is -0.384. The second-order valence-electron chi connectivity index (χ2n) is 5.84. The Balaban J connectivity index is 1.81. The number of carbonyl (C=O) groups is 1. The third kappa shape index (κ3) is 3.60. The third-order valence-corrected chi connectivity index (χ3v) is 4.34. The Kier molecular flexibility index (Phi) is 4.77. The zero-order chi connectivity index (χ0) is 18.8. The number of nitro groups is 1. The fourth-order valence-electron chi connectivity index (χ4n) is 2.43. The summed E-state index contributed by atoms with van der Waals surface area (Å²) in [6.07, 6.45) is 0. The maximum atomic E-state index is 12.3. The summed E-state index contributed by atoms with van der Waals surface area (Å²) in [5, 5.41) is 13.5. The normalized spacial score (nSPS) is 10.6. The molecule has 0 spiro atoms. The van der Waals surface area contributed by atoms with Crippen LogP contribution in [0.3, 0.4) is 0 Å². The SMILES string of the molecule is Cc1ccc(-c2ccc(C(=O)Nc3ccc(Cl)c([N+](=O)[O-])c3)o2)cc1C. The highest BCUT2D eigenvalue weighted by atomic mass is 35.5. The molecule has 0 saturated heterocycles. The van der Waals surface area contributed by atoms with Crippen LogP contribution in [0.1, 0.15) is 21.7 Å². The molecule has 0 radical (unpaired) electrons. The minimum absolute atomic E-state index is 0.00280. The van der Waals surface area contributed by atoms with Crippen LogP contribution in [0.5, 0.6) is 0 Å². The molecule has 0 aliphatic carbocycles. The molecular formula is C19H15ClN2O4. The quantitative estimate of drug-likeness (QED) is 0.493. The van der Waals surface area contributed by atoms with Gasteiger partial charge in [-0.25, -0.2) is 0 Å². The van der Waals surface area contributed by atoms with Crippen molar-refractivity contribution >= 4 is 28.9 Å². The molecule has 0 unspecified atom stereocenters. The zero-order valence-corrected chi connectivity index (χ0v) is 14.8. The number of amides is 1. The van der Waals surface area contributed by atoms with Crippen molar-refractivity contribution < 1.29 is 14.1 Å². The number of benzene rings is 2. The number of anilines is 1. The summed E-state index contributed by atoms with van der Waals surface area (Å²) in [5.74, 6) is 0.174. The highest BCUT2D eigenvalue weighted by Gasteiger charge is 2.16. The average molecular weight is 371 g/mol. The molecule has 1 aromatic heterocycles. The maximum absolute atomic E-state index is 12.3. The first kappa shape index (κ1) is 17.7. The van der Waals surface area contributed by atoms with Gasteiger partial charge in [0.2, 0.25) is 0 Å². The van der Waals surface area contributed by atoms with E-state index in [1.807, 2.05) is 32.0 Å². The highest BCUT2D eigenvalue weighted by Crippen LogP contribution is 2.28. The number of nitrogens with zero attached hydrogens (tertiary/aromatic N) is 1. The minimum atomic E-state index is -0.608. The van der Waals surface area contributed by atoms with Crippen LogP contribution in [0.15, 0.2) is 52.9 Å². The topological polar surface area (TPSA) is 85.4 Å². The number of nitro benzene ring substituents is 1. The summed E-state index contributed by atoms with van der Waals surface area (Å²) < 4.78 is 5.63. The van der Waals surface area contributed by atoms with Crippen LogP contribution in [0.25, 0.3) is 11.3 Å². The van der Waals surface area contributed by atoms with Crippen LogP contribution in [0.4, 0.5) is 11.4 Å². The molecule has 7 heteroatoms. The first-order chi connectivity index (χ1) is 12.3. The van der Waals surface area contributed by atoms with Crippen LogP contribution < -0.4 is 5.32 Å². The van der Waals surface area contributed by atoms with Gasteiger partial charge in [0.15, 0.2) is 5.76 Å². The van der Waals surface area contributed by atoms with Crippen LogP contribution in [0.2, 0.25) is 5.02 Å². The summed E-state index contributed by atoms with van der Waals surface area (Å²) >= 11 is 5.77. The van der Waals surface area contributed by atoms with Crippen molar-refractivity contribution in [3.05, 3.63) is 80.6 Å². The third-order valence-electron chi connectivity index (χ3n) is 4.02. The molecule has 6 nitrogen and oxygen atoms in total. The molecular weight excluding hydrogens is 356 g/mol. The summed E-state index contributed by atoms with van der Waals surface area (Å²) in [4.78, 5) is 22.7. The van der Waals surface area contributed by atoms with Crippen LogP contribution >= 0.6 is 11.6 Å². The summed E-state index contributed by atoms with van der Waals surface area (Å²) in [6.45, 7) is 4.02. The molecule has 1 N–H and O–H groups in total. The van der Waals surface area contributed by atoms with E-state index in [0.29, 0.717) is 5.76 Å². The van der Waals surface area contributed by atoms with Gasteiger partial charge in [0.25, 0.3) is 11.6 Å². The molecule has 0 aliphatic rings. The molecule has 3 rings (SSSR count). The molecule has 1 heterocycles. The van der Waals surface area contributed by atoms with Crippen molar-refractivity contribution in [3.63, 3.8) is 0 Å². The lowest BCUT2D eigenvalue weighted by Crippen LogP contribution is -2.11. The first-order valence-corrected chi connectivity index (χ1v) is 8.15. The number of rotatable bonds is 4. The molecule has 0 aliphatic heterocycles. The minimum Gasteiger partial charge on any atom is -0.451 e. The molecule has 0 bridgehead atoms. The Labute approximate surface area is 154 Å². The van der Waals surface area contributed by atoms with Crippen molar-refractivity contribution in [2.24, 2.45) is 0 Å². The van der Waals surface area contributed by atoms with Crippen molar-refractivity contribution in [2.75, 3.05) is 5.32 Å². The van der Waals surface area contributed by atoms with E-state index in [4.69, 9.17) is 16.0 Å². The van der Waals surface area contributed by atoms with Gasteiger partial charge in [0, 0.05) is 17.3 Å². The van der Waals surface area contributed by atoms with Gasteiger partial charge < -0.3 is 9.73 Å². The van der Waals surface area contributed by atoms with Crippen molar-refractivity contribution in [2.45, 2.75) is 13.8 Å². The van der Waals surface area contributed by atoms with E-state index < -0.39 is 10.8 Å². The number of halogens is 1. The van der Waals surface area contributed by atoms with Crippen molar-refractivity contribution in [3.8, 4) is 11.3 Å². The standard InChI is InChI=1S/C19H15ClN2O4/c1-11-3-4-13(9-12(11)2)17-7-8-18(26-17)19(23)21-14-5-6-15(20)16(10-14)22(24)25/h3-10H,1-2H3,(H,21,23). The largest absolute Gasteiger partial charge is 0.451 e. The van der Waals surface area contributed by atoms with Gasteiger partial charge in [-0.05, 0) is 55.3 Å². The van der Waals surface area contributed by atoms with Gasteiger partial charge in [0.05, 0.1) is 4.92 Å². The van der Waals surface area contributed by atoms with Gasteiger partial charge in [-0.2, -0.15) is 0 Å². The second-order valence-corrected chi connectivity index (χ2v) is 6.25.